The average Bonchev–Trinajstić information content (AvgIpc) is 2.95. The van der Waals surface area contributed by atoms with Crippen LogP contribution in [-0.4, -0.2) is 47.8 Å². The maximum absolute atomic E-state index is 13.1. The number of hydrogen-bond donors (Lipinski definition) is 1. The van der Waals surface area contributed by atoms with Crippen LogP contribution in [0.4, 0.5) is 13.2 Å². The van der Waals surface area contributed by atoms with Gasteiger partial charge in [0.1, 0.15) is 5.75 Å². The number of nitrogens with zero attached hydrogens (tertiary/aromatic N) is 1. The Labute approximate surface area is 141 Å². The molecule has 1 aromatic carbocycles. The molecule has 0 aliphatic carbocycles. The molecule has 1 aliphatic rings. The molecular weight excluding hydrogens is 351 g/mol. The topological polar surface area (TPSA) is 66.8 Å². The van der Waals surface area contributed by atoms with Crippen molar-refractivity contribution in [3.63, 3.8) is 0 Å². The van der Waals surface area contributed by atoms with Crippen LogP contribution in [0.5, 0.6) is 5.75 Å². The summed E-state index contributed by atoms with van der Waals surface area (Å²) in [5, 5.41) is 9.40. The second-order valence-corrected chi connectivity index (χ2v) is 6.01. The molecule has 0 bridgehead atoms. The van der Waals surface area contributed by atoms with Crippen molar-refractivity contribution < 1.29 is 32.6 Å². The van der Waals surface area contributed by atoms with Crippen molar-refractivity contribution in [2.45, 2.75) is 19.5 Å². The van der Waals surface area contributed by atoms with Crippen LogP contribution in [0.2, 0.25) is 5.02 Å². The van der Waals surface area contributed by atoms with E-state index in [2.05, 4.69) is 0 Å². The minimum Gasteiger partial charge on any atom is -0.483 e. The maximum atomic E-state index is 13.1. The Hall–Kier alpha value is -1.96. The number of amides is 1. The van der Waals surface area contributed by atoms with Crippen molar-refractivity contribution in [2.75, 3.05) is 19.7 Å². The molecule has 1 aliphatic heterocycles. The summed E-state index contributed by atoms with van der Waals surface area (Å²) in [4.78, 5) is 24.0. The van der Waals surface area contributed by atoms with Crippen molar-refractivity contribution >= 4 is 23.5 Å². The molecule has 132 valence electrons. The molecule has 1 N–H and O–H groups in total. The van der Waals surface area contributed by atoms with Crippen LogP contribution >= 0.6 is 11.6 Å². The fourth-order valence-electron chi connectivity index (χ4n) is 2.52. The third kappa shape index (κ3) is 3.28. The second kappa shape index (κ2) is 6.51. The number of alkyl halides is 3. The largest absolute Gasteiger partial charge is 0.483 e. The van der Waals surface area contributed by atoms with E-state index in [1.54, 1.807) is 25.1 Å². The van der Waals surface area contributed by atoms with Crippen LogP contribution in [0.25, 0.3) is 0 Å². The fourth-order valence-corrected chi connectivity index (χ4v) is 2.69. The lowest BCUT2D eigenvalue weighted by Gasteiger charge is -2.27. The zero-order valence-corrected chi connectivity index (χ0v) is 13.4. The Balaban J connectivity index is 2.04. The number of rotatable bonds is 4. The number of carbonyl (C=O) groups excluding carboxylic acids is 1. The summed E-state index contributed by atoms with van der Waals surface area (Å²) in [6.07, 6.45) is -5.61. The molecule has 0 aromatic heterocycles. The van der Waals surface area contributed by atoms with Crippen LogP contribution in [0, 0.1) is 12.3 Å². The van der Waals surface area contributed by atoms with Gasteiger partial charge in [0, 0.05) is 23.7 Å². The summed E-state index contributed by atoms with van der Waals surface area (Å²) in [5.74, 6) is -2.34. The first kappa shape index (κ1) is 18.4. The van der Waals surface area contributed by atoms with E-state index >= 15 is 0 Å². The van der Waals surface area contributed by atoms with E-state index in [9.17, 15) is 22.8 Å². The van der Waals surface area contributed by atoms with Crippen molar-refractivity contribution in [3.8, 4) is 5.75 Å². The van der Waals surface area contributed by atoms with Crippen LogP contribution in [0.1, 0.15) is 12.0 Å². The number of carbonyl (C=O) groups is 2. The van der Waals surface area contributed by atoms with Gasteiger partial charge < -0.3 is 14.7 Å². The predicted octanol–water partition coefficient (Wildman–Crippen LogP) is 2.89. The van der Waals surface area contributed by atoms with Crippen molar-refractivity contribution in [2.24, 2.45) is 5.41 Å². The molecule has 1 atom stereocenters. The Morgan fingerprint density at radius 1 is 1.42 bits per heavy atom. The number of carboxylic acids is 1. The van der Waals surface area contributed by atoms with Gasteiger partial charge in [-0.05, 0) is 25.5 Å². The van der Waals surface area contributed by atoms with E-state index in [1.807, 2.05) is 0 Å². The number of likely N-dealkylation sites (tertiary alicyclic amines) is 1. The number of ether oxygens (including phenoxy) is 1. The zero-order valence-electron chi connectivity index (χ0n) is 12.7. The fraction of sp³-hybridized carbons (Fsp3) is 0.467. The summed E-state index contributed by atoms with van der Waals surface area (Å²) < 4.78 is 44.6. The predicted molar refractivity (Wildman–Crippen MR) is 79.0 cm³/mol. The van der Waals surface area contributed by atoms with Gasteiger partial charge in [0.15, 0.2) is 12.0 Å². The van der Waals surface area contributed by atoms with Crippen molar-refractivity contribution in [1.82, 2.24) is 4.90 Å². The van der Waals surface area contributed by atoms with Gasteiger partial charge in [0.2, 0.25) is 0 Å². The number of aliphatic carboxylic acids is 1. The monoisotopic (exact) mass is 365 g/mol. The van der Waals surface area contributed by atoms with Crippen molar-refractivity contribution in [3.05, 3.63) is 28.8 Å². The Morgan fingerprint density at radius 2 is 2.08 bits per heavy atom. The number of hydrogen-bond acceptors (Lipinski definition) is 3. The van der Waals surface area contributed by atoms with Gasteiger partial charge in [0.25, 0.3) is 5.91 Å². The molecule has 2 rings (SSSR count). The van der Waals surface area contributed by atoms with E-state index in [-0.39, 0.29) is 6.54 Å². The standard InChI is InChI=1S/C15H15ClF3NO4/c1-9-10(16)3-2-4-11(9)24-7-12(21)20-6-5-14(8-20,13(22)23)15(17,18)19/h2-4H,5-8H2,1H3,(H,22,23). The molecule has 9 heteroatoms. The molecule has 0 saturated carbocycles. The van der Waals surface area contributed by atoms with Gasteiger partial charge in [0.05, 0.1) is 0 Å². The molecule has 1 heterocycles. The van der Waals surface area contributed by atoms with Gasteiger partial charge in [-0.1, -0.05) is 17.7 Å². The Bertz CT molecular complexity index is 665. The van der Waals surface area contributed by atoms with E-state index in [1.165, 1.54) is 0 Å². The third-order valence-electron chi connectivity index (χ3n) is 4.14. The first-order chi connectivity index (χ1) is 11.1. The molecule has 1 fully saturated rings. The SMILES string of the molecule is Cc1c(Cl)cccc1OCC(=O)N1CCC(C(=O)O)(C(F)(F)F)C1. The first-order valence-corrected chi connectivity index (χ1v) is 7.42. The van der Waals surface area contributed by atoms with E-state index in [0.717, 1.165) is 4.90 Å². The highest BCUT2D eigenvalue weighted by Crippen LogP contribution is 2.45. The molecule has 1 saturated heterocycles. The molecular formula is C15H15ClF3NO4. The van der Waals surface area contributed by atoms with Crippen molar-refractivity contribution in [1.29, 1.82) is 0 Å². The summed E-state index contributed by atoms with van der Waals surface area (Å²) >= 11 is 5.91. The lowest BCUT2D eigenvalue weighted by Crippen LogP contribution is -2.48. The van der Waals surface area contributed by atoms with Gasteiger partial charge in [-0.15, -0.1) is 0 Å². The summed E-state index contributed by atoms with van der Waals surface area (Å²) in [6.45, 7) is -0.0169. The van der Waals surface area contributed by atoms with Gasteiger partial charge in [-0.25, -0.2) is 0 Å². The minimum absolute atomic E-state index is 0.289. The highest BCUT2D eigenvalue weighted by atomic mass is 35.5. The number of halogens is 4. The van der Waals surface area contributed by atoms with Crippen LogP contribution in [0.15, 0.2) is 18.2 Å². The minimum atomic E-state index is -4.93. The number of carboxylic acid groups (broad SMARTS) is 1. The lowest BCUT2D eigenvalue weighted by molar-refractivity contribution is -0.227. The molecule has 0 spiro atoms. The van der Waals surface area contributed by atoms with Gasteiger partial charge in [-0.2, -0.15) is 13.2 Å². The van der Waals surface area contributed by atoms with Crippen LogP contribution < -0.4 is 4.74 Å². The van der Waals surface area contributed by atoms with E-state index in [4.69, 9.17) is 21.4 Å². The van der Waals surface area contributed by atoms with Crippen LogP contribution in [-0.2, 0) is 9.59 Å². The summed E-state index contributed by atoms with van der Waals surface area (Å²) in [5.41, 5.74) is -2.32. The number of benzene rings is 1. The summed E-state index contributed by atoms with van der Waals surface area (Å²) in [6, 6.07) is 4.83. The van der Waals surface area contributed by atoms with Gasteiger partial charge >= 0.3 is 12.1 Å². The zero-order chi connectivity index (χ0) is 18.1. The molecule has 24 heavy (non-hydrogen) atoms. The average molecular weight is 366 g/mol. The Morgan fingerprint density at radius 3 is 2.62 bits per heavy atom. The Kier molecular flexibility index (Phi) is 4.98. The molecule has 1 amide bonds. The highest BCUT2D eigenvalue weighted by Gasteiger charge is 2.64. The smallest absolute Gasteiger partial charge is 0.406 e. The molecule has 1 unspecified atom stereocenters. The lowest BCUT2D eigenvalue weighted by atomic mass is 9.86. The maximum Gasteiger partial charge on any atom is 0.406 e. The third-order valence-corrected chi connectivity index (χ3v) is 4.55. The second-order valence-electron chi connectivity index (χ2n) is 5.60. The van der Waals surface area contributed by atoms with E-state index < -0.39 is 43.0 Å². The van der Waals surface area contributed by atoms with Gasteiger partial charge in [-0.3, -0.25) is 9.59 Å². The first-order valence-electron chi connectivity index (χ1n) is 7.04. The normalized spacial score (nSPS) is 21.0. The van der Waals surface area contributed by atoms with E-state index in [0.29, 0.717) is 16.3 Å². The highest BCUT2D eigenvalue weighted by molar-refractivity contribution is 6.31. The quantitative estimate of drug-likeness (QED) is 0.891. The summed E-state index contributed by atoms with van der Waals surface area (Å²) in [7, 11) is 0. The molecule has 0 radical (unpaired) electrons. The molecule has 5 nitrogen and oxygen atoms in total. The molecule has 1 aromatic rings. The van der Waals surface area contributed by atoms with Crippen LogP contribution in [0.3, 0.4) is 0 Å².